The largest absolute Gasteiger partial charge is 0.493 e. The molecule has 1 N–H and O–H groups in total. The molecular weight excluding hydrogens is 360 g/mol. The number of carbonyl (C=O) groups is 3. The number of benzene rings is 2. The number of ether oxygens (including phenoxy) is 2. The summed E-state index contributed by atoms with van der Waals surface area (Å²) in [5, 5.41) is 2.50. The maximum Gasteiger partial charge on any atom is 0.264 e. The summed E-state index contributed by atoms with van der Waals surface area (Å²) in [6.07, 6.45) is 1.02. The standard InChI is InChI=1S/C21H22N2O5/c1-4-16(13-9-10-17(27-3)18(11-13)28-5-2)23-20(25)14-7-6-8-15(22-12-24)19(14)21(23)26/h6-12,16H,4-5H2,1-3H3,(H,22,24)/t16-/m1/s1. The zero-order valence-electron chi connectivity index (χ0n) is 16.0. The van der Waals surface area contributed by atoms with Gasteiger partial charge in [0.25, 0.3) is 11.8 Å². The molecule has 1 aliphatic rings. The molecule has 0 radical (unpaired) electrons. The molecule has 0 fully saturated rings. The monoisotopic (exact) mass is 382 g/mol. The fourth-order valence-corrected chi connectivity index (χ4v) is 3.51. The van der Waals surface area contributed by atoms with Gasteiger partial charge in [-0.1, -0.05) is 19.1 Å². The summed E-state index contributed by atoms with van der Waals surface area (Å²) in [4.78, 5) is 38.2. The van der Waals surface area contributed by atoms with Crippen LogP contribution in [0.5, 0.6) is 11.5 Å². The molecule has 1 aliphatic heterocycles. The van der Waals surface area contributed by atoms with Crippen molar-refractivity contribution in [3.05, 3.63) is 53.1 Å². The maximum absolute atomic E-state index is 13.1. The zero-order chi connectivity index (χ0) is 20.3. The van der Waals surface area contributed by atoms with Crippen molar-refractivity contribution in [2.45, 2.75) is 26.3 Å². The number of nitrogens with zero attached hydrogens (tertiary/aromatic N) is 1. The van der Waals surface area contributed by atoms with Crippen molar-refractivity contribution in [3.8, 4) is 11.5 Å². The first kappa shape index (κ1) is 19.4. The molecule has 7 heteroatoms. The topological polar surface area (TPSA) is 84.9 Å². The minimum atomic E-state index is -0.471. The van der Waals surface area contributed by atoms with Gasteiger partial charge in [0.05, 0.1) is 36.6 Å². The summed E-state index contributed by atoms with van der Waals surface area (Å²) >= 11 is 0. The van der Waals surface area contributed by atoms with Gasteiger partial charge in [-0.3, -0.25) is 19.3 Å². The fourth-order valence-electron chi connectivity index (χ4n) is 3.51. The van der Waals surface area contributed by atoms with Gasteiger partial charge in [0, 0.05) is 0 Å². The van der Waals surface area contributed by atoms with Crippen LogP contribution in [-0.4, -0.2) is 36.8 Å². The second-order valence-electron chi connectivity index (χ2n) is 6.24. The summed E-state index contributed by atoms with van der Waals surface area (Å²) in [7, 11) is 1.56. The Kier molecular flexibility index (Phi) is 5.63. The normalized spacial score (nSPS) is 13.9. The van der Waals surface area contributed by atoms with Crippen LogP contribution in [0.3, 0.4) is 0 Å². The van der Waals surface area contributed by atoms with Crippen LogP contribution in [0.15, 0.2) is 36.4 Å². The number of rotatable bonds is 8. The smallest absolute Gasteiger partial charge is 0.264 e. The quantitative estimate of drug-likeness (QED) is 0.559. The molecule has 28 heavy (non-hydrogen) atoms. The van der Waals surface area contributed by atoms with Gasteiger partial charge in [0.2, 0.25) is 6.41 Å². The lowest BCUT2D eigenvalue weighted by Crippen LogP contribution is -2.34. The molecule has 0 aromatic heterocycles. The van der Waals surface area contributed by atoms with E-state index in [0.717, 1.165) is 5.56 Å². The first-order valence-electron chi connectivity index (χ1n) is 9.09. The number of amides is 3. The Morgan fingerprint density at radius 1 is 1.11 bits per heavy atom. The predicted molar refractivity (Wildman–Crippen MR) is 104 cm³/mol. The van der Waals surface area contributed by atoms with Crippen molar-refractivity contribution in [1.29, 1.82) is 0 Å². The molecule has 7 nitrogen and oxygen atoms in total. The number of hydrogen-bond acceptors (Lipinski definition) is 5. The van der Waals surface area contributed by atoms with Crippen LogP contribution in [0.1, 0.15) is 52.6 Å². The van der Waals surface area contributed by atoms with Gasteiger partial charge in [-0.05, 0) is 43.2 Å². The summed E-state index contributed by atoms with van der Waals surface area (Å²) in [5.74, 6) is 0.335. The van der Waals surface area contributed by atoms with Gasteiger partial charge in [-0.25, -0.2) is 0 Å². The second kappa shape index (κ2) is 8.12. The van der Waals surface area contributed by atoms with Gasteiger partial charge in [-0.15, -0.1) is 0 Å². The Morgan fingerprint density at radius 2 is 1.89 bits per heavy atom. The van der Waals surface area contributed by atoms with Gasteiger partial charge < -0.3 is 14.8 Å². The summed E-state index contributed by atoms with van der Waals surface area (Å²) in [5.41, 5.74) is 1.60. The van der Waals surface area contributed by atoms with Crippen molar-refractivity contribution in [2.24, 2.45) is 0 Å². The molecule has 2 aromatic carbocycles. The summed E-state index contributed by atoms with van der Waals surface area (Å²) < 4.78 is 10.9. The lowest BCUT2D eigenvalue weighted by molar-refractivity contribution is -0.105. The van der Waals surface area contributed by atoms with E-state index >= 15 is 0 Å². The van der Waals surface area contributed by atoms with Crippen LogP contribution in [-0.2, 0) is 4.79 Å². The van der Waals surface area contributed by atoms with Crippen LogP contribution in [0.2, 0.25) is 0 Å². The SMILES string of the molecule is CCOc1cc([C@@H](CC)N2C(=O)c3cccc(NC=O)c3C2=O)ccc1OC. The second-order valence-corrected chi connectivity index (χ2v) is 6.24. The van der Waals surface area contributed by atoms with Crippen molar-refractivity contribution in [3.63, 3.8) is 0 Å². The molecule has 0 aliphatic carbocycles. The van der Waals surface area contributed by atoms with E-state index in [1.807, 2.05) is 19.9 Å². The minimum absolute atomic E-state index is 0.219. The lowest BCUT2D eigenvalue weighted by Gasteiger charge is -2.26. The molecule has 1 atom stereocenters. The molecule has 0 unspecified atom stereocenters. The molecule has 146 valence electrons. The first-order chi connectivity index (χ1) is 13.6. The van der Waals surface area contributed by atoms with Gasteiger partial charge in [0.1, 0.15) is 0 Å². The molecule has 0 saturated carbocycles. The molecule has 0 saturated heterocycles. The highest BCUT2D eigenvalue weighted by molar-refractivity contribution is 6.24. The number of imide groups is 1. The molecule has 2 aromatic rings. The zero-order valence-corrected chi connectivity index (χ0v) is 16.0. The Morgan fingerprint density at radius 3 is 2.54 bits per heavy atom. The molecule has 0 bridgehead atoms. The third kappa shape index (κ3) is 3.19. The van der Waals surface area contributed by atoms with Crippen molar-refractivity contribution < 1.29 is 23.9 Å². The number of anilines is 1. The van der Waals surface area contributed by atoms with E-state index < -0.39 is 11.9 Å². The van der Waals surface area contributed by atoms with Crippen LogP contribution < -0.4 is 14.8 Å². The van der Waals surface area contributed by atoms with E-state index in [-0.39, 0.29) is 17.0 Å². The van der Waals surface area contributed by atoms with E-state index in [1.165, 1.54) is 4.90 Å². The summed E-state index contributed by atoms with van der Waals surface area (Å²) in [6.45, 7) is 4.24. The van der Waals surface area contributed by atoms with Gasteiger partial charge in [-0.2, -0.15) is 0 Å². The highest BCUT2D eigenvalue weighted by Gasteiger charge is 2.41. The van der Waals surface area contributed by atoms with Crippen molar-refractivity contribution in [2.75, 3.05) is 19.0 Å². The fraction of sp³-hybridized carbons (Fsp3) is 0.286. The van der Waals surface area contributed by atoms with E-state index in [9.17, 15) is 14.4 Å². The maximum atomic E-state index is 13.1. The van der Waals surface area contributed by atoms with Gasteiger partial charge in [0.15, 0.2) is 11.5 Å². The highest BCUT2D eigenvalue weighted by atomic mass is 16.5. The van der Waals surface area contributed by atoms with E-state index in [4.69, 9.17) is 9.47 Å². The summed E-state index contributed by atoms with van der Waals surface area (Å²) in [6, 6.07) is 9.75. The Hall–Kier alpha value is -3.35. The number of nitrogens with one attached hydrogen (secondary N) is 1. The third-order valence-electron chi connectivity index (χ3n) is 4.73. The van der Waals surface area contributed by atoms with E-state index in [0.29, 0.717) is 36.6 Å². The predicted octanol–water partition coefficient (Wildman–Crippen LogP) is 3.41. The molecule has 3 rings (SSSR count). The van der Waals surface area contributed by atoms with E-state index in [2.05, 4.69) is 5.32 Å². The number of carbonyl (C=O) groups excluding carboxylic acids is 3. The van der Waals surface area contributed by atoms with Gasteiger partial charge >= 0.3 is 0 Å². The highest BCUT2D eigenvalue weighted by Crippen LogP contribution is 2.38. The third-order valence-corrected chi connectivity index (χ3v) is 4.73. The van der Waals surface area contributed by atoms with E-state index in [1.54, 1.807) is 37.4 Å². The first-order valence-corrected chi connectivity index (χ1v) is 9.09. The number of fused-ring (bicyclic) bond motifs is 1. The molecule has 0 spiro atoms. The Labute approximate surface area is 163 Å². The van der Waals surface area contributed by atoms with Crippen LogP contribution in [0.25, 0.3) is 0 Å². The number of hydrogen-bond donors (Lipinski definition) is 1. The Bertz CT molecular complexity index is 925. The lowest BCUT2D eigenvalue weighted by atomic mass is 10.0. The Balaban J connectivity index is 2.03. The molecule has 1 heterocycles. The minimum Gasteiger partial charge on any atom is -0.493 e. The van der Waals surface area contributed by atoms with Crippen LogP contribution in [0.4, 0.5) is 5.69 Å². The average molecular weight is 382 g/mol. The van der Waals surface area contributed by atoms with Crippen molar-refractivity contribution >= 4 is 23.9 Å². The molecular formula is C21H22N2O5. The molecule has 3 amide bonds. The number of methoxy groups -OCH3 is 1. The average Bonchev–Trinajstić information content (AvgIpc) is 2.95. The van der Waals surface area contributed by atoms with Crippen LogP contribution >= 0.6 is 0 Å². The van der Waals surface area contributed by atoms with Crippen molar-refractivity contribution in [1.82, 2.24) is 4.90 Å². The van der Waals surface area contributed by atoms with Crippen LogP contribution in [0, 0.1) is 0 Å².